The maximum atomic E-state index is 13.2. The van der Waals surface area contributed by atoms with E-state index in [1.165, 1.54) is 6.07 Å². The fraction of sp³-hybridized carbons (Fsp3) is 0.353. The molecule has 5 heteroatoms. The molecular formula is C17H18FN3S. The van der Waals surface area contributed by atoms with Gasteiger partial charge in [-0.3, -0.25) is 4.90 Å². The zero-order chi connectivity index (χ0) is 15.4. The van der Waals surface area contributed by atoms with Gasteiger partial charge >= 0.3 is 0 Å². The molecule has 3 rings (SSSR count). The van der Waals surface area contributed by atoms with Crippen LogP contribution in [0.4, 0.5) is 9.52 Å². The third-order valence-corrected chi connectivity index (χ3v) is 4.59. The van der Waals surface area contributed by atoms with Crippen LogP contribution in [0.3, 0.4) is 0 Å². The first-order valence-corrected chi connectivity index (χ1v) is 8.22. The van der Waals surface area contributed by atoms with Crippen LogP contribution in [0.25, 0.3) is 0 Å². The molecule has 1 aromatic heterocycles. The average molecular weight is 315 g/mol. The van der Waals surface area contributed by atoms with E-state index in [9.17, 15) is 4.39 Å². The molecule has 0 saturated carbocycles. The van der Waals surface area contributed by atoms with E-state index < -0.39 is 0 Å². The number of hydrogen-bond acceptors (Lipinski definition) is 4. The monoisotopic (exact) mass is 315 g/mol. The predicted octanol–water partition coefficient (Wildman–Crippen LogP) is 2.76. The zero-order valence-electron chi connectivity index (χ0n) is 12.6. The van der Waals surface area contributed by atoms with E-state index in [0.717, 1.165) is 43.4 Å². The average Bonchev–Trinajstić information content (AvgIpc) is 3.06. The second-order valence-electron chi connectivity index (χ2n) is 5.34. The number of thiazole rings is 1. The van der Waals surface area contributed by atoms with Gasteiger partial charge in [-0.2, -0.15) is 0 Å². The summed E-state index contributed by atoms with van der Waals surface area (Å²) in [6.45, 7) is 6.49. The lowest BCUT2D eigenvalue weighted by Crippen LogP contribution is -2.46. The summed E-state index contributed by atoms with van der Waals surface area (Å²) >= 11 is 1.69. The van der Waals surface area contributed by atoms with E-state index in [2.05, 4.69) is 26.6 Å². The lowest BCUT2D eigenvalue weighted by molar-refractivity contribution is 0.288. The molecule has 0 N–H and O–H groups in total. The van der Waals surface area contributed by atoms with Crippen molar-refractivity contribution < 1.29 is 4.39 Å². The molecule has 0 bridgehead atoms. The molecule has 2 heterocycles. The van der Waals surface area contributed by atoms with Crippen molar-refractivity contribution in [2.75, 3.05) is 37.6 Å². The molecule has 1 saturated heterocycles. The Kier molecular flexibility index (Phi) is 4.71. The number of benzene rings is 1. The highest BCUT2D eigenvalue weighted by Crippen LogP contribution is 2.18. The SMILES string of the molecule is Cc1cc(C#CCN2CCN(c3nccs3)CC2)ccc1F. The lowest BCUT2D eigenvalue weighted by atomic mass is 10.1. The van der Waals surface area contributed by atoms with Crippen LogP contribution in [0.1, 0.15) is 11.1 Å². The van der Waals surface area contributed by atoms with Gasteiger partial charge < -0.3 is 4.90 Å². The quantitative estimate of drug-likeness (QED) is 0.795. The highest BCUT2D eigenvalue weighted by Gasteiger charge is 2.17. The van der Waals surface area contributed by atoms with Crippen molar-refractivity contribution >= 4 is 16.5 Å². The van der Waals surface area contributed by atoms with Crippen molar-refractivity contribution in [3.05, 3.63) is 46.7 Å². The summed E-state index contributed by atoms with van der Waals surface area (Å²) in [6, 6.07) is 5.00. The van der Waals surface area contributed by atoms with Gasteiger partial charge in [-0.05, 0) is 30.7 Å². The highest BCUT2D eigenvalue weighted by atomic mass is 32.1. The Morgan fingerprint density at radius 2 is 2.09 bits per heavy atom. The van der Waals surface area contributed by atoms with Gasteiger partial charge in [-0.15, -0.1) is 11.3 Å². The number of aromatic nitrogens is 1. The molecule has 1 fully saturated rings. The van der Waals surface area contributed by atoms with Crippen LogP contribution in [0.15, 0.2) is 29.8 Å². The van der Waals surface area contributed by atoms with Crippen molar-refractivity contribution in [1.82, 2.24) is 9.88 Å². The molecule has 114 valence electrons. The number of nitrogens with zero attached hydrogens (tertiary/aromatic N) is 3. The van der Waals surface area contributed by atoms with Crippen molar-refractivity contribution in [2.45, 2.75) is 6.92 Å². The minimum Gasteiger partial charge on any atom is -0.346 e. The van der Waals surface area contributed by atoms with Crippen molar-refractivity contribution in [1.29, 1.82) is 0 Å². The third-order valence-electron chi connectivity index (χ3n) is 3.76. The minimum absolute atomic E-state index is 0.177. The van der Waals surface area contributed by atoms with Gasteiger partial charge in [0.25, 0.3) is 0 Å². The van der Waals surface area contributed by atoms with E-state index in [1.54, 1.807) is 30.4 Å². The molecule has 2 aromatic rings. The number of aryl methyl sites for hydroxylation is 1. The van der Waals surface area contributed by atoms with Crippen LogP contribution >= 0.6 is 11.3 Å². The molecule has 1 aromatic carbocycles. The summed E-state index contributed by atoms with van der Waals surface area (Å²) in [5.74, 6) is 6.13. The Morgan fingerprint density at radius 3 is 2.77 bits per heavy atom. The molecule has 0 radical (unpaired) electrons. The van der Waals surface area contributed by atoms with Gasteiger partial charge in [0.15, 0.2) is 5.13 Å². The number of anilines is 1. The van der Waals surface area contributed by atoms with Crippen molar-refractivity contribution in [2.24, 2.45) is 0 Å². The van der Waals surface area contributed by atoms with Crippen LogP contribution in [-0.2, 0) is 0 Å². The van der Waals surface area contributed by atoms with Crippen LogP contribution in [0.2, 0.25) is 0 Å². The van der Waals surface area contributed by atoms with Crippen molar-refractivity contribution in [3.63, 3.8) is 0 Å². The summed E-state index contributed by atoms with van der Waals surface area (Å²) in [4.78, 5) is 9.01. The maximum Gasteiger partial charge on any atom is 0.185 e. The molecule has 0 aliphatic carbocycles. The molecule has 22 heavy (non-hydrogen) atoms. The molecule has 3 nitrogen and oxygen atoms in total. The van der Waals surface area contributed by atoms with Crippen LogP contribution in [0, 0.1) is 24.6 Å². The molecule has 1 aliphatic rings. The number of halogens is 1. The first-order valence-electron chi connectivity index (χ1n) is 7.34. The summed E-state index contributed by atoms with van der Waals surface area (Å²) in [7, 11) is 0. The lowest BCUT2D eigenvalue weighted by Gasteiger charge is -2.33. The molecule has 0 unspecified atom stereocenters. The topological polar surface area (TPSA) is 19.4 Å². The Bertz CT molecular complexity index is 680. The van der Waals surface area contributed by atoms with Crippen molar-refractivity contribution in [3.8, 4) is 11.8 Å². The zero-order valence-corrected chi connectivity index (χ0v) is 13.4. The Labute approximate surface area is 134 Å². The van der Waals surface area contributed by atoms with Gasteiger partial charge in [0.1, 0.15) is 5.82 Å². The maximum absolute atomic E-state index is 13.2. The van der Waals surface area contributed by atoms with E-state index in [0.29, 0.717) is 5.56 Å². The molecular weight excluding hydrogens is 297 g/mol. The summed E-state index contributed by atoms with van der Waals surface area (Å²) < 4.78 is 13.2. The fourth-order valence-corrected chi connectivity index (χ4v) is 3.14. The first-order chi connectivity index (χ1) is 10.7. The van der Waals surface area contributed by atoms with Gasteiger partial charge in [0.2, 0.25) is 0 Å². The van der Waals surface area contributed by atoms with Gasteiger partial charge in [-0.1, -0.05) is 11.8 Å². The number of rotatable bonds is 2. The second-order valence-corrected chi connectivity index (χ2v) is 6.22. The molecule has 0 atom stereocenters. The fourth-order valence-electron chi connectivity index (χ4n) is 2.45. The third kappa shape index (κ3) is 3.65. The summed E-state index contributed by atoms with van der Waals surface area (Å²) in [5.41, 5.74) is 1.52. The second kappa shape index (κ2) is 6.91. The van der Waals surface area contributed by atoms with E-state index in [1.807, 2.05) is 11.6 Å². The Morgan fingerprint density at radius 1 is 1.27 bits per heavy atom. The Balaban J connectivity index is 1.51. The van der Waals surface area contributed by atoms with E-state index >= 15 is 0 Å². The summed E-state index contributed by atoms with van der Waals surface area (Å²) in [6.07, 6.45) is 1.85. The molecule has 1 aliphatic heterocycles. The molecule has 0 spiro atoms. The van der Waals surface area contributed by atoms with E-state index in [4.69, 9.17) is 0 Å². The standard InChI is InChI=1S/C17H18FN3S/c1-14-13-15(4-5-16(14)18)3-2-7-20-8-10-21(11-9-20)17-19-6-12-22-17/h4-6,12-13H,7-11H2,1H3. The normalized spacial score (nSPS) is 15.5. The minimum atomic E-state index is -0.177. The van der Waals surface area contributed by atoms with Crippen LogP contribution in [-0.4, -0.2) is 42.6 Å². The first kappa shape index (κ1) is 15.0. The smallest absolute Gasteiger partial charge is 0.185 e. The Hall–Kier alpha value is -1.90. The van der Waals surface area contributed by atoms with Crippen LogP contribution < -0.4 is 4.90 Å². The van der Waals surface area contributed by atoms with Gasteiger partial charge in [0.05, 0.1) is 6.54 Å². The van der Waals surface area contributed by atoms with Gasteiger partial charge in [0, 0.05) is 43.3 Å². The van der Waals surface area contributed by atoms with E-state index in [-0.39, 0.29) is 5.82 Å². The predicted molar refractivity (Wildman–Crippen MR) is 88.8 cm³/mol. The summed E-state index contributed by atoms with van der Waals surface area (Å²) in [5, 5.41) is 3.12. The number of piperazine rings is 1. The largest absolute Gasteiger partial charge is 0.346 e. The highest BCUT2D eigenvalue weighted by molar-refractivity contribution is 7.13. The molecule has 0 amide bonds. The van der Waals surface area contributed by atoms with Gasteiger partial charge in [-0.25, -0.2) is 9.37 Å². The van der Waals surface area contributed by atoms with Crippen LogP contribution in [0.5, 0.6) is 0 Å². The number of hydrogen-bond donors (Lipinski definition) is 0.